The molecule has 0 aliphatic heterocycles. The van der Waals surface area contributed by atoms with E-state index in [1.54, 1.807) is 35.1 Å². The Bertz CT molecular complexity index is 1340. The maximum Gasteiger partial charge on any atom is 0.271 e. The van der Waals surface area contributed by atoms with E-state index in [0.717, 1.165) is 45.9 Å². The molecule has 5 rings (SSSR count). The van der Waals surface area contributed by atoms with Gasteiger partial charge in [-0.15, -0.1) is 11.3 Å². The van der Waals surface area contributed by atoms with E-state index in [9.17, 15) is 14.9 Å². The van der Waals surface area contributed by atoms with Gasteiger partial charge in [-0.2, -0.15) is 0 Å². The second-order valence-electron chi connectivity index (χ2n) is 7.24. The topological polar surface area (TPSA) is 93.8 Å². The molecule has 0 atom stereocenters. The number of thioether (sulfide) groups is 1. The van der Waals surface area contributed by atoms with Crippen molar-refractivity contribution in [2.24, 2.45) is 7.05 Å². The van der Waals surface area contributed by atoms with Crippen LogP contribution in [0.4, 0.5) is 5.69 Å². The first-order chi connectivity index (χ1) is 14.0. The zero-order valence-corrected chi connectivity index (χ0v) is 17.4. The molecule has 0 bridgehead atoms. The first-order valence-electron chi connectivity index (χ1n) is 9.41. The van der Waals surface area contributed by atoms with Gasteiger partial charge in [0.15, 0.2) is 5.16 Å². The molecule has 3 heterocycles. The molecule has 0 unspecified atom stereocenters. The van der Waals surface area contributed by atoms with Gasteiger partial charge >= 0.3 is 0 Å². The van der Waals surface area contributed by atoms with E-state index in [-0.39, 0.29) is 11.2 Å². The highest BCUT2D eigenvalue weighted by molar-refractivity contribution is 7.98. The summed E-state index contributed by atoms with van der Waals surface area (Å²) in [6.07, 6.45) is 6.20. The van der Waals surface area contributed by atoms with Crippen LogP contribution in [0.2, 0.25) is 0 Å². The van der Waals surface area contributed by atoms with Gasteiger partial charge in [0.25, 0.3) is 11.2 Å². The van der Waals surface area contributed by atoms with Crippen LogP contribution in [0, 0.1) is 10.1 Å². The number of rotatable bonds is 4. The molecule has 0 amide bonds. The van der Waals surface area contributed by atoms with Crippen molar-refractivity contribution in [1.29, 1.82) is 0 Å². The normalized spacial score (nSPS) is 13.8. The van der Waals surface area contributed by atoms with Gasteiger partial charge in [-0.3, -0.25) is 19.5 Å². The molecule has 1 aromatic carbocycles. The fraction of sp³-hybridized carbons (Fsp3) is 0.300. The standard InChI is InChI=1S/C20H18N4O3S2/c1-23-19(25)17-14-4-2-3-5-16(14)29-18(17)22-20(23)28-10-11-9-21-15-8-12(24(26)27)6-7-13(11)15/h6-9,21H,2-5,10H2,1H3. The molecule has 1 N–H and O–H groups in total. The van der Waals surface area contributed by atoms with E-state index in [1.165, 1.54) is 34.7 Å². The van der Waals surface area contributed by atoms with Crippen LogP contribution in [0.25, 0.3) is 21.1 Å². The van der Waals surface area contributed by atoms with Gasteiger partial charge in [0.1, 0.15) is 4.83 Å². The van der Waals surface area contributed by atoms with Crippen LogP contribution in [0.15, 0.2) is 34.3 Å². The number of non-ortho nitro benzene ring substituents is 1. The van der Waals surface area contributed by atoms with Crippen molar-refractivity contribution >= 4 is 49.9 Å². The highest BCUT2D eigenvalue weighted by Crippen LogP contribution is 2.35. The molecular weight excluding hydrogens is 408 g/mol. The van der Waals surface area contributed by atoms with Gasteiger partial charge in [-0.1, -0.05) is 11.8 Å². The fourth-order valence-corrected chi connectivity index (χ4v) is 6.21. The molecule has 1 aliphatic carbocycles. The Morgan fingerprint density at radius 2 is 2.17 bits per heavy atom. The first kappa shape index (κ1) is 18.4. The number of aryl methyl sites for hydroxylation is 2. The molecule has 0 saturated heterocycles. The summed E-state index contributed by atoms with van der Waals surface area (Å²) in [5.41, 5.74) is 3.07. The molecule has 0 fully saturated rings. The van der Waals surface area contributed by atoms with Gasteiger partial charge in [-0.05, 0) is 42.9 Å². The molecule has 9 heteroatoms. The zero-order valence-electron chi connectivity index (χ0n) is 15.7. The van der Waals surface area contributed by atoms with Gasteiger partial charge in [0.05, 0.1) is 15.8 Å². The number of nitrogens with one attached hydrogen (secondary N) is 1. The molecule has 0 saturated carbocycles. The molecular formula is C20H18N4O3S2. The molecule has 0 radical (unpaired) electrons. The van der Waals surface area contributed by atoms with Crippen LogP contribution in [0.1, 0.15) is 28.8 Å². The number of aromatic nitrogens is 3. The van der Waals surface area contributed by atoms with Gasteiger partial charge < -0.3 is 4.98 Å². The van der Waals surface area contributed by atoms with E-state index in [1.807, 2.05) is 6.20 Å². The van der Waals surface area contributed by atoms with Gasteiger partial charge in [-0.25, -0.2) is 4.98 Å². The highest BCUT2D eigenvalue weighted by atomic mass is 32.2. The SMILES string of the molecule is Cn1c(SCc2c[nH]c3cc([N+](=O)[O-])ccc23)nc2sc3c(c2c1=O)CCCC3. The van der Waals surface area contributed by atoms with Crippen molar-refractivity contribution in [1.82, 2.24) is 14.5 Å². The van der Waals surface area contributed by atoms with Crippen molar-refractivity contribution in [2.45, 2.75) is 36.6 Å². The van der Waals surface area contributed by atoms with E-state index >= 15 is 0 Å². The number of fused-ring (bicyclic) bond motifs is 4. The maximum absolute atomic E-state index is 13.0. The smallest absolute Gasteiger partial charge is 0.271 e. The lowest BCUT2D eigenvalue weighted by atomic mass is 9.97. The number of nitro groups is 1. The third-order valence-corrected chi connectivity index (χ3v) is 7.74. The monoisotopic (exact) mass is 426 g/mol. The predicted octanol–water partition coefficient (Wildman–Crippen LogP) is 4.56. The van der Waals surface area contributed by atoms with E-state index < -0.39 is 4.92 Å². The van der Waals surface area contributed by atoms with Crippen LogP contribution in [-0.2, 0) is 25.6 Å². The summed E-state index contributed by atoms with van der Waals surface area (Å²) >= 11 is 3.17. The average molecular weight is 427 g/mol. The van der Waals surface area contributed by atoms with Crippen LogP contribution in [0.5, 0.6) is 0 Å². The minimum absolute atomic E-state index is 0.0338. The number of nitro benzene ring substituents is 1. The summed E-state index contributed by atoms with van der Waals surface area (Å²) in [5.74, 6) is 0.620. The van der Waals surface area contributed by atoms with Crippen molar-refractivity contribution in [2.75, 3.05) is 0 Å². The molecule has 3 aromatic heterocycles. The van der Waals surface area contributed by atoms with Gasteiger partial charge in [0, 0.05) is 41.4 Å². The van der Waals surface area contributed by atoms with Crippen molar-refractivity contribution in [3.05, 3.63) is 60.9 Å². The molecule has 29 heavy (non-hydrogen) atoms. The number of nitrogens with zero attached hydrogens (tertiary/aromatic N) is 3. The quantitative estimate of drug-likeness (QED) is 0.223. The summed E-state index contributed by atoms with van der Waals surface area (Å²) in [7, 11) is 1.78. The number of benzene rings is 1. The Labute approximate surface area is 173 Å². The van der Waals surface area contributed by atoms with Crippen molar-refractivity contribution in [3.8, 4) is 0 Å². The third kappa shape index (κ3) is 3.05. The number of thiophene rings is 1. The molecule has 7 nitrogen and oxygen atoms in total. The lowest BCUT2D eigenvalue weighted by Crippen LogP contribution is -2.20. The second-order valence-corrected chi connectivity index (χ2v) is 9.27. The minimum atomic E-state index is -0.399. The Morgan fingerprint density at radius 1 is 1.34 bits per heavy atom. The predicted molar refractivity (Wildman–Crippen MR) is 116 cm³/mol. The third-order valence-electron chi connectivity index (χ3n) is 5.47. The van der Waals surface area contributed by atoms with E-state index in [2.05, 4.69) is 4.98 Å². The van der Waals surface area contributed by atoms with Crippen LogP contribution in [-0.4, -0.2) is 19.5 Å². The van der Waals surface area contributed by atoms with Crippen LogP contribution < -0.4 is 5.56 Å². The van der Waals surface area contributed by atoms with Crippen LogP contribution >= 0.6 is 23.1 Å². The fourth-order valence-electron chi connectivity index (χ4n) is 3.95. The van der Waals surface area contributed by atoms with Crippen LogP contribution in [0.3, 0.4) is 0 Å². The minimum Gasteiger partial charge on any atom is -0.361 e. The van der Waals surface area contributed by atoms with Crippen molar-refractivity contribution in [3.63, 3.8) is 0 Å². The van der Waals surface area contributed by atoms with Gasteiger partial charge in [0.2, 0.25) is 0 Å². The Kier molecular flexibility index (Phi) is 4.44. The lowest BCUT2D eigenvalue weighted by molar-refractivity contribution is -0.384. The molecule has 148 valence electrons. The first-order valence-corrected chi connectivity index (χ1v) is 11.2. The largest absolute Gasteiger partial charge is 0.361 e. The Balaban J connectivity index is 1.48. The summed E-state index contributed by atoms with van der Waals surface area (Å²) in [6, 6.07) is 4.82. The number of hydrogen-bond acceptors (Lipinski definition) is 6. The number of aromatic amines is 1. The van der Waals surface area contributed by atoms with E-state index in [0.29, 0.717) is 10.9 Å². The lowest BCUT2D eigenvalue weighted by Gasteiger charge is -2.10. The summed E-state index contributed by atoms with van der Waals surface area (Å²) in [5, 5.41) is 13.4. The molecule has 4 aromatic rings. The Morgan fingerprint density at radius 3 is 3.00 bits per heavy atom. The second kappa shape index (κ2) is 7.00. The Hall–Kier alpha value is -2.65. The summed E-state index contributed by atoms with van der Waals surface area (Å²) in [6.45, 7) is 0. The number of H-pyrrole nitrogens is 1. The molecule has 0 spiro atoms. The summed E-state index contributed by atoms with van der Waals surface area (Å²) < 4.78 is 1.65. The average Bonchev–Trinajstić information content (AvgIpc) is 3.30. The van der Waals surface area contributed by atoms with Crippen molar-refractivity contribution < 1.29 is 4.92 Å². The molecule has 1 aliphatic rings. The maximum atomic E-state index is 13.0. The zero-order chi connectivity index (χ0) is 20.1. The summed E-state index contributed by atoms with van der Waals surface area (Å²) in [4.78, 5) is 33.6. The number of hydrogen-bond donors (Lipinski definition) is 1. The highest BCUT2D eigenvalue weighted by Gasteiger charge is 2.21. The van der Waals surface area contributed by atoms with E-state index in [4.69, 9.17) is 4.98 Å².